The third kappa shape index (κ3) is 6.03. The zero-order valence-corrected chi connectivity index (χ0v) is 15.8. The van der Waals surface area contributed by atoms with Crippen molar-refractivity contribution < 1.29 is 9.59 Å². The summed E-state index contributed by atoms with van der Waals surface area (Å²) in [7, 11) is 0. The van der Waals surface area contributed by atoms with E-state index in [4.69, 9.17) is 11.6 Å². The Morgan fingerprint density at radius 1 is 1.24 bits per heavy atom. The highest BCUT2D eigenvalue weighted by Gasteiger charge is 2.16. The molecule has 0 unspecified atom stereocenters. The number of thiazole rings is 1. The van der Waals surface area contributed by atoms with Crippen molar-refractivity contribution in [1.29, 1.82) is 0 Å². The number of carbonyl (C=O) groups excluding carboxylic acids is 2. The monoisotopic (exact) mass is 380 g/mol. The molecule has 0 saturated heterocycles. The van der Waals surface area contributed by atoms with E-state index in [2.05, 4.69) is 27.9 Å². The molecule has 0 fully saturated rings. The fraction of sp³-hybridized carbons (Fsp3) is 0.353. The van der Waals surface area contributed by atoms with E-state index in [0.29, 0.717) is 33.0 Å². The first kappa shape index (κ1) is 19.2. The molecule has 25 heavy (non-hydrogen) atoms. The lowest BCUT2D eigenvalue weighted by atomic mass is 10.2. The van der Waals surface area contributed by atoms with Gasteiger partial charge in [-0.25, -0.2) is 9.78 Å². The van der Waals surface area contributed by atoms with Crippen molar-refractivity contribution in [2.24, 2.45) is 0 Å². The van der Waals surface area contributed by atoms with Crippen LogP contribution in [0.5, 0.6) is 0 Å². The number of anilines is 2. The quantitative estimate of drug-likeness (QED) is 0.610. The number of hydrogen-bond donors (Lipinski definition) is 3. The van der Waals surface area contributed by atoms with E-state index in [1.807, 2.05) is 0 Å². The van der Waals surface area contributed by atoms with Crippen molar-refractivity contribution in [3.63, 3.8) is 0 Å². The molecule has 2 rings (SSSR count). The number of nitrogens with zero attached hydrogens (tertiary/aromatic N) is 1. The molecule has 0 aliphatic rings. The highest BCUT2D eigenvalue weighted by molar-refractivity contribution is 7.17. The standard InChI is InChI=1S/C17H21ClN4O2S/c1-3-4-5-9-19-15(23)14-11(2)20-17(25-14)22-16(24)21-13-8-6-7-12(18)10-13/h6-8,10H,3-5,9H2,1-2H3,(H,19,23)(H2,20,21,22,24). The molecule has 6 nitrogen and oxygen atoms in total. The number of unbranched alkanes of at least 4 members (excludes halogenated alkanes) is 2. The van der Waals surface area contributed by atoms with Gasteiger partial charge in [0, 0.05) is 17.3 Å². The lowest BCUT2D eigenvalue weighted by molar-refractivity contribution is 0.0956. The molecule has 1 heterocycles. The van der Waals surface area contributed by atoms with E-state index in [1.165, 1.54) is 0 Å². The Morgan fingerprint density at radius 2 is 2.04 bits per heavy atom. The average molecular weight is 381 g/mol. The van der Waals surface area contributed by atoms with Gasteiger partial charge in [0.25, 0.3) is 5.91 Å². The Kier molecular flexibility index (Phi) is 7.21. The van der Waals surface area contributed by atoms with Crippen LogP contribution in [0.4, 0.5) is 15.6 Å². The fourth-order valence-corrected chi connectivity index (χ4v) is 3.21. The first-order chi connectivity index (χ1) is 12.0. The van der Waals surface area contributed by atoms with Gasteiger partial charge >= 0.3 is 6.03 Å². The van der Waals surface area contributed by atoms with Gasteiger partial charge in [0.1, 0.15) is 4.88 Å². The molecule has 0 aliphatic heterocycles. The Balaban J connectivity index is 1.92. The summed E-state index contributed by atoms with van der Waals surface area (Å²) in [4.78, 5) is 28.9. The second kappa shape index (κ2) is 9.39. The third-order valence-electron chi connectivity index (χ3n) is 3.37. The largest absolute Gasteiger partial charge is 0.351 e. The molecule has 3 N–H and O–H groups in total. The zero-order valence-electron chi connectivity index (χ0n) is 14.2. The summed E-state index contributed by atoms with van der Waals surface area (Å²) in [6.45, 7) is 4.50. The van der Waals surface area contributed by atoms with Crippen molar-refractivity contribution in [3.05, 3.63) is 39.9 Å². The van der Waals surface area contributed by atoms with Crippen LogP contribution in [0.1, 0.15) is 41.6 Å². The predicted octanol–water partition coefficient (Wildman–Crippen LogP) is 4.67. The van der Waals surface area contributed by atoms with E-state index in [0.717, 1.165) is 30.6 Å². The topological polar surface area (TPSA) is 83.1 Å². The number of aryl methyl sites for hydroxylation is 1. The van der Waals surface area contributed by atoms with Crippen molar-refractivity contribution in [3.8, 4) is 0 Å². The number of carbonyl (C=O) groups is 2. The number of amides is 3. The highest BCUT2D eigenvalue weighted by atomic mass is 35.5. The number of urea groups is 1. The van der Waals surface area contributed by atoms with E-state index < -0.39 is 6.03 Å². The summed E-state index contributed by atoms with van der Waals surface area (Å²) in [5.41, 5.74) is 1.17. The van der Waals surface area contributed by atoms with E-state index in [1.54, 1.807) is 31.2 Å². The molecular formula is C17H21ClN4O2S. The van der Waals surface area contributed by atoms with Crippen LogP contribution >= 0.6 is 22.9 Å². The van der Waals surface area contributed by atoms with Gasteiger partial charge in [-0.05, 0) is 31.5 Å². The summed E-state index contributed by atoms with van der Waals surface area (Å²) >= 11 is 7.03. The van der Waals surface area contributed by atoms with E-state index in [-0.39, 0.29) is 5.91 Å². The van der Waals surface area contributed by atoms with Gasteiger partial charge in [-0.2, -0.15) is 0 Å². The normalized spacial score (nSPS) is 10.4. The molecule has 0 atom stereocenters. The van der Waals surface area contributed by atoms with Crippen molar-refractivity contribution in [2.45, 2.75) is 33.1 Å². The molecule has 0 aliphatic carbocycles. The molecule has 0 bridgehead atoms. The van der Waals surface area contributed by atoms with Crippen LogP contribution < -0.4 is 16.0 Å². The Bertz CT molecular complexity index is 748. The lowest BCUT2D eigenvalue weighted by Gasteiger charge is -2.05. The van der Waals surface area contributed by atoms with Crippen LogP contribution in [0.3, 0.4) is 0 Å². The summed E-state index contributed by atoms with van der Waals surface area (Å²) in [5.74, 6) is -0.158. The maximum absolute atomic E-state index is 12.2. The summed E-state index contributed by atoms with van der Waals surface area (Å²) < 4.78 is 0. The predicted molar refractivity (Wildman–Crippen MR) is 103 cm³/mol. The minimum absolute atomic E-state index is 0.158. The molecule has 0 radical (unpaired) electrons. The van der Waals surface area contributed by atoms with Crippen molar-refractivity contribution in [2.75, 3.05) is 17.2 Å². The third-order valence-corrected chi connectivity index (χ3v) is 4.68. The summed E-state index contributed by atoms with van der Waals surface area (Å²) in [6.07, 6.45) is 3.14. The maximum atomic E-state index is 12.2. The highest BCUT2D eigenvalue weighted by Crippen LogP contribution is 2.23. The lowest BCUT2D eigenvalue weighted by Crippen LogP contribution is -2.24. The first-order valence-corrected chi connectivity index (χ1v) is 9.28. The number of aromatic nitrogens is 1. The number of halogens is 1. The van der Waals surface area contributed by atoms with Gasteiger partial charge in [0.05, 0.1) is 5.69 Å². The molecule has 134 valence electrons. The van der Waals surface area contributed by atoms with Gasteiger partial charge in [0.15, 0.2) is 5.13 Å². The second-order valence-electron chi connectivity index (χ2n) is 5.49. The number of rotatable bonds is 7. The van der Waals surface area contributed by atoms with Gasteiger partial charge in [-0.15, -0.1) is 0 Å². The molecule has 1 aromatic carbocycles. The van der Waals surface area contributed by atoms with Crippen LogP contribution in [-0.4, -0.2) is 23.5 Å². The Labute approximate surface area is 156 Å². The van der Waals surface area contributed by atoms with E-state index in [9.17, 15) is 9.59 Å². The van der Waals surface area contributed by atoms with E-state index >= 15 is 0 Å². The molecule has 2 aromatic rings. The summed E-state index contributed by atoms with van der Waals surface area (Å²) in [5, 5.41) is 9.08. The van der Waals surface area contributed by atoms with Gasteiger partial charge in [-0.1, -0.05) is 48.8 Å². The average Bonchev–Trinajstić information content (AvgIpc) is 2.91. The first-order valence-electron chi connectivity index (χ1n) is 8.08. The van der Waals surface area contributed by atoms with Gasteiger partial charge < -0.3 is 10.6 Å². The van der Waals surface area contributed by atoms with Crippen LogP contribution in [-0.2, 0) is 0 Å². The summed E-state index contributed by atoms with van der Waals surface area (Å²) in [6, 6.07) is 6.40. The minimum Gasteiger partial charge on any atom is -0.351 e. The molecule has 8 heteroatoms. The van der Waals surface area contributed by atoms with Crippen molar-refractivity contribution >= 4 is 45.7 Å². The van der Waals surface area contributed by atoms with Gasteiger partial charge in [-0.3, -0.25) is 10.1 Å². The van der Waals surface area contributed by atoms with Crippen LogP contribution in [0, 0.1) is 6.92 Å². The number of nitrogens with one attached hydrogen (secondary N) is 3. The van der Waals surface area contributed by atoms with Gasteiger partial charge in [0.2, 0.25) is 0 Å². The molecule has 0 saturated carbocycles. The molecule has 3 amide bonds. The minimum atomic E-state index is -0.439. The van der Waals surface area contributed by atoms with Crippen LogP contribution in [0.15, 0.2) is 24.3 Å². The zero-order chi connectivity index (χ0) is 18.2. The van der Waals surface area contributed by atoms with Crippen molar-refractivity contribution in [1.82, 2.24) is 10.3 Å². The molecule has 1 aromatic heterocycles. The van der Waals surface area contributed by atoms with Crippen LogP contribution in [0.2, 0.25) is 5.02 Å². The number of benzene rings is 1. The smallest absolute Gasteiger partial charge is 0.325 e. The number of hydrogen-bond acceptors (Lipinski definition) is 4. The van der Waals surface area contributed by atoms with Crippen LogP contribution in [0.25, 0.3) is 0 Å². The molecule has 0 spiro atoms. The SMILES string of the molecule is CCCCCNC(=O)c1sc(NC(=O)Nc2cccc(Cl)c2)nc1C. The fourth-order valence-electron chi connectivity index (χ4n) is 2.14. The Morgan fingerprint density at radius 3 is 2.76 bits per heavy atom. The Hall–Kier alpha value is -2.12. The maximum Gasteiger partial charge on any atom is 0.325 e. The molecular weight excluding hydrogens is 360 g/mol. The second-order valence-corrected chi connectivity index (χ2v) is 6.92.